The molecule has 104 valence electrons. The van der Waals surface area contributed by atoms with Crippen molar-refractivity contribution in [3.8, 4) is 0 Å². The van der Waals surface area contributed by atoms with Gasteiger partial charge in [-0.2, -0.15) is 0 Å². The molecule has 1 rings (SSSR count). The van der Waals surface area contributed by atoms with Crippen molar-refractivity contribution in [2.24, 2.45) is 11.1 Å². The van der Waals surface area contributed by atoms with Crippen LogP contribution in [0.1, 0.15) is 38.2 Å². The Bertz CT molecular complexity index is 403. The van der Waals surface area contributed by atoms with Gasteiger partial charge in [-0.25, -0.2) is 0 Å². The summed E-state index contributed by atoms with van der Waals surface area (Å²) in [5.41, 5.74) is 1.24. The standard InChI is InChI=1S/C15H21NO3/c1-3-19-15(17)14(11-16-18)10-9-12(2)13-7-5-4-6-8-13/h4-8,11-12,14,18H,3,9-10H2,1-2H3/b16-11-. The maximum Gasteiger partial charge on any atom is 0.314 e. The van der Waals surface area contributed by atoms with Crippen LogP contribution in [0.25, 0.3) is 0 Å². The van der Waals surface area contributed by atoms with E-state index in [-0.39, 0.29) is 5.97 Å². The van der Waals surface area contributed by atoms with E-state index in [0.29, 0.717) is 18.9 Å². The van der Waals surface area contributed by atoms with E-state index in [2.05, 4.69) is 24.2 Å². The average molecular weight is 263 g/mol. The minimum Gasteiger partial charge on any atom is -0.465 e. The zero-order valence-electron chi connectivity index (χ0n) is 11.5. The molecule has 0 radical (unpaired) electrons. The molecule has 0 aliphatic heterocycles. The molecular formula is C15H21NO3. The first-order valence-electron chi connectivity index (χ1n) is 6.58. The smallest absolute Gasteiger partial charge is 0.314 e. The van der Waals surface area contributed by atoms with Crippen LogP contribution in [0.3, 0.4) is 0 Å². The third kappa shape index (κ3) is 5.12. The normalized spacial score (nSPS) is 14.2. The molecule has 4 heteroatoms. The summed E-state index contributed by atoms with van der Waals surface area (Å²) in [7, 11) is 0. The molecule has 0 aliphatic rings. The number of esters is 1. The number of hydrogen-bond acceptors (Lipinski definition) is 4. The minimum absolute atomic E-state index is 0.333. The largest absolute Gasteiger partial charge is 0.465 e. The quantitative estimate of drug-likeness (QED) is 0.355. The molecule has 1 aromatic rings. The van der Waals surface area contributed by atoms with Crippen molar-refractivity contribution in [2.45, 2.75) is 32.6 Å². The molecule has 0 aliphatic carbocycles. The molecule has 2 unspecified atom stereocenters. The van der Waals surface area contributed by atoms with Gasteiger partial charge in [0.05, 0.1) is 18.7 Å². The lowest BCUT2D eigenvalue weighted by Crippen LogP contribution is -2.19. The van der Waals surface area contributed by atoms with E-state index in [4.69, 9.17) is 9.94 Å². The Balaban J connectivity index is 2.54. The van der Waals surface area contributed by atoms with Crippen LogP contribution in [-0.2, 0) is 9.53 Å². The average Bonchev–Trinajstić information content (AvgIpc) is 2.44. The number of ether oxygens (including phenoxy) is 1. The zero-order valence-corrected chi connectivity index (χ0v) is 11.5. The first-order valence-corrected chi connectivity index (χ1v) is 6.58. The van der Waals surface area contributed by atoms with Crippen LogP contribution in [0.2, 0.25) is 0 Å². The van der Waals surface area contributed by atoms with Crippen molar-refractivity contribution in [2.75, 3.05) is 6.61 Å². The monoisotopic (exact) mass is 263 g/mol. The first kappa shape index (κ1) is 15.2. The predicted molar refractivity (Wildman–Crippen MR) is 74.5 cm³/mol. The van der Waals surface area contributed by atoms with Crippen molar-refractivity contribution >= 4 is 12.2 Å². The van der Waals surface area contributed by atoms with E-state index in [0.717, 1.165) is 6.42 Å². The molecule has 0 amide bonds. The topological polar surface area (TPSA) is 58.9 Å². The van der Waals surface area contributed by atoms with Gasteiger partial charge in [-0.3, -0.25) is 4.79 Å². The van der Waals surface area contributed by atoms with Gasteiger partial charge in [0.25, 0.3) is 0 Å². The highest BCUT2D eigenvalue weighted by atomic mass is 16.5. The summed E-state index contributed by atoms with van der Waals surface area (Å²) in [5, 5.41) is 11.6. The highest BCUT2D eigenvalue weighted by molar-refractivity contribution is 5.89. The van der Waals surface area contributed by atoms with Crippen LogP contribution in [0.15, 0.2) is 35.5 Å². The molecule has 0 saturated heterocycles. The second-order valence-electron chi connectivity index (χ2n) is 4.51. The Kier molecular flexibility index (Phi) is 6.64. The molecule has 0 saturated carbocycles. The molecule has 1 N–H and O–H groups in total. The number of nitrogens with zero attached hydrogens (tertiary/aromatic N) is 1. The number of carbonyl (C=O) groups is 1. The summed E-state index contributed by atoms with van der Waals surface area (Å²) < 4.78 is 4.95. The molecule has 0 heterocycles. The fraction of sp³-hybridized carbons (Fsp3) is 0.467. The minimum atomic E-state index is -0.476. The van der Waals surface area contributed by atoms with E-state index < -0.39 is 5.92 Å². The van der Waals surface area contributed by atoms with Gasteiger partial charge in [0.15, 0.2) is 0 Å². The summed E-state index contributed by atoms with van der Waals surface area (Å²) in [6.45, 7) is 4.22. The summed E-state index contributed by atoms with van der Waals surface area (Å²) in [6, 6.07) is 10.1. The fourth-order valence-corrected chi connectivity index (χ4v) is 1.96. The van der Waals surface area contributed by atoms with Crippen LogP contribution < -0.4 is 0 Å². The van der Waals surface area contributed by atoms with Gasteiger partial charge in [-0.15, -0.1) is 5.16 Å². The Labute approximate surface area is 114 Å². The van der Waals surface area contributed by atoms with E-state index >= 15 is 0 Å². The second-order valence-corrected chi connectivity index (χ2v) is 4.51. The van der Waals surface area contributed by atoms with Gasteiger partial charge in [-0.05, 0) is 31.2 Å². The van der Waals surface area contributed by atoms with Crippen molar-refractivity contribution in [3.05, 3.63) is 35.9 Å². The summed E-state index contributed by atoms with van der Waals surface area (Å²) >= 11 is 0. The molecule has 4 nitrogen and oxygen atoms in total. The van der Waals surface area contributed by atoms with Gasteiger partial charge in [0.1, 0.15) is 0 Å². The van der Waals surface area contributed by atoms with Gasteiger partial charge in [-0.1, -0.05) is 37.3 Å². The Morgan fingerprint density at radius 2 is 2.05 bits per heavy atom. The van der Waals surface area contributed by atoms with Crippen LogP contribution in [-0.4, -0.2) is 24.0 Å². The van der Waals surface area contributed by atoms with Gasteiger partial charge in [0.2, 0.25) is 0 Å². The number of carbonyl (C=O) groups excluding carboxylic acids is 1. The summed E-state index contributed by atoms with van der Waals surface area (Å²) in [5.74, 6) is -0.457. The lowest BCUT2D eigenvalue weighted by atomic mass is 9.92. The Morgan fingerprint density at radius 3 is 2.63 bits per heavy atom. The first-order chi connectivity index (χ1) is 9.19. The maximum absolute atomic E-state index is 11.7. The zero-order chi connectivity index (χ0) is 14.1. The lowest BCUT2D eigenvalue weighted by molar-refractivity contribution is -0.145. The molecule has 0 fully saturated rings. The highest BCUT2D eigenvalue weighted by Crippen LogP contribution is 2.22. The summed E-state index contributed by atoms with van der Waals surface area (Å²) in [4.78, 5) is 11.7. The molecule has 0 bridgehead atoms. The highest BCUT2D eigenvalue weighted by Gasteiger charge is 2.19. The molecule has 2 atom stereocenters. The van der Waals surface area contributed by atoms with E-state index in [1.165, 1.54) is 11.8 Å². The van der Waals surface area contributed by atoms with E-state index in [1.54, 1.807) is 6.92 Å². The molecule has 0 spiro atoms. The number of hydrogen-bond donors (Lipinski definition) is 1. The summed E-state index contributed by atoms with van der Waals surface area (Å²) in [6.07, 6.45) is 2.69. The van der Waals surface area contributed by atoms with Crippen molar-refractivity contribution < 1.29 is 14.7 Å². The molecule has 19 heavy (non-hydrogen) atoms. The van der Waals surface area contributed by atoms with Crippen molar-refractivity contribution in [1.29, 1.82) is 0 Å². The molecule has 1 aromatic carbocycles. The van der Waals surface area contributed by atoms with Gasteiger partial charge >= 0.3 is 5.97 Å². The van der Waals surface area contributed by atoms with Gasteiger partial charge < -0.3 is 9.94 Å². The van der Waals surface area contributed by atoms with Crippen LogP contribution in [0.4, 0.5) is 0 Å². The third-order valence-corrected chi connectivity index (χ3v) is 3.12. The third-order valence-electron chi connectivity index (χ3n) is 3.12. The Hall–Kier alpha value is -1.84. The lowest BCUT2D eigenvalue weighted by Gasteiger charge is -2.15. The number of oxime groups is 1. The van der Waals surface area contributed by atoms with Crippen LogP contribution >= 0.6 is 0 Å². The number of rotatable bonds is 7. The SMILES string of the molecule is CCOC(=O)C(/C=N\O)CCC(C)c1ccccc1. The molecular weight excluding hydrogens is 242 g/mol. The fourth-order valence-electron chi connectivity index (χ4n) is 1.96. The van der Waals surface area contributed by atoms with Crippen LogP contribution in [0, 0.1) is 5.92 Å². The molecule has 0 aromatic heterocycles. The van der Waals surface area contributed by atoms with Crippen LogP contribution in [0.5, 0.6) is 0 Å². The van der Waals surface area contributed by atoms with Crippen molar-refractivity contribution in [1.82, 2.24) is 0 Å². The second kappa shape index (κ2) is 8.29. The van der Waals surface area contributed by atoms with E-state index in [1.807, 2.05) is 18.2 Å². The maximum atomic E-state index is 11.7. The Morgan fingerprint density at radius 1 is 1.37 bits per heavy atom. The van der Waals surface area contributed by atoms with Crippen molar-refractivity contribution in [3.63, 3.8) is 0 Å². The van der Waals surface area contributed by atoms with E-state index in [9.17, 15) is 4.79 Å². The predicted octanol–water partition coefficient (Wildman–Crippen LogP) is 3.21. The van der Waals surface area contributed by atoms with Gasteiger partial charge in [0, 0.05) is 0 Å². The number of benzene rings is 1.